The summed E-state index contributed by atoms with van der Waals surface area (Å²) in [4.78, 5) is 26.0. The van der Waals surface area contributed by atoms with Crippen LogP contribution in [0.15, 0.2) is 45.6 Å². The molecule has 1 aromatic heterocycles. The monoisotopic (exact) mass is 435 g/mol. The highest BCUT2D eigenvalue weighted by atomic mass is 16.5. The van der Waals surface area contributed by atoms with Crippen LogP contribution in [0.5, 0.6) is 11.5 Å². The number of amides is 1. The zero-order valence-corrected chi connectivity index (χ0v) is 18.8. The van der Waals surface area contributed by atoms with E-state index >= 15 is 0 Å². The van der Waals surface area contributed by atoms with Crippen molar-refractivity contribution in [2.45, 2.75) is 52.5 Å². The van der Waals surface area contributed by atoms with E-state index in [-0.39, 0.29) is 17.1 Å². The van der Waals surface area contributed by atoms with Crippen molar-refractivity contribution in [3.8, 4) is 11.5 Å². The fourth-order valence-electron chi connectivity index (χ4n) is 4.05. The first kappa shape index (κ1) is 21.9. The minimum atomic E-state index is -0.600. The summed E-state index contributed by atoms with van der Waals surface area (Å²) in [6.07, 6.45) is 4.02. The maximum absolute atomic E-state index is 13.4. The van der Waals surface area contributed by atoms with Gasteiger partial charge in [-0.1, -0.05) is 38.8 Å². The molecule has 0 fully saturated rings. The van der Waals surface area contributed by atoms with Crippen LogP contribution in [-0.2, 0) is 6.42 Å². The van der Waals surface area contributed by atoms with Gasteiger partial charge in [-0.3, -0.25) is 9.59 Å². The summed E-state index contributed by atoms with van der Waals surface area (Å²) in [5.74, 6) is 0.952. The normalized spacial score (nSPS) is 15.0. The van der Waals surface area contributed by atoms with Crippen molar-refractivity contribution in [3.63, 3.8) is 0 Å². The van der Waals surface area contributed by atoms with Gasteiger partial charge in [0.2, 0.25) is 5.76 Å². The van der Waals surface area contributed by atoms with Crippen LogP contribution in [0.1, 0.15) is 73.3 Å². The second kappa shape index (κ2) is 9.47. The van der Waals surface area contributed by atoms with E-state index in [1.807, 2.05) is 44.2 Å². The van der Waals surface area contributed by atoms with Crippen LogP contribution >= 0.6 is 0 Å². The number of rotatable bonds is 9. The molecule has 0 radical (unpaired) electrons. The second-order valence-corrected chi connectivity index (χ2v) is 7.96. The van der Waals surface area contributed by atoms with Crippen LogP contribution in [-0.4, -0.2) is 19.1 Å². The minimum Gasteiger partial charge on any atom is -0.490 e. The first-order chi connectivity index (χ1) is 15.6. The Balaban J connectivity index is 1.74. The minimum absolute atomic E-state index is 0.0783. The third kappa shape index (κ3) is 4.09. The fourth-order valence-corrected chi connectivity index (χ4v) is 4.05. The standard InChI is InChI=1S/C26H29NO5/c1-4-7-8-13-31-20-12-10-17(15-21(20)30-6-3)23-22-24(28)18-14-16(5-2)9-11-19(18)32-25(22)26(29)27-23/h9-12,14-15,23H,4-8,13H2,1-3H3,(H,27,29). The molecule has 0 spiro atoms. The third-order valence-corrected chi connectivity index (χ3v) is 5.77. The van der Waals surface area contributed by atoms with Gasteiger partial charge in [-0.2, -0.15) is 0 Å². The van der Waals surface area contributed by atoms with Crippen molar-refractivity contribution in [1.29, 1.82) is 0 Å². The predicted octanol–water partition coefficient (Wildman–Crippen LogP) is 5.16. The Kier molecular flexibility index (Phi) is 6.49. The average molecular weight is 436 g/mol. The molecule has 1 amide bonds. The third-order valence-electron chi connectivity index (χ3n) is 5.77. The lowest BCUT2D eigenvalue weighted by atomic mass is 9.98. The van der Waals surface area contributed by atoms with E-state index < -0.39 is 6.04 Å². The molecule has 3 aromatic rings. The molecule has 0 aliphatic carbocycles. The number of aryl methyl sites for hydroxylation is 1. The highest BCUT2D eigenvalue weighted by Crippen LogP contribution is 2.36. The van der Waals surface area contributed by atoms with E-state index in [0.29, 0.717) is 41.2 Å². The SMILES string of the molecule is CCCCCOc1ccc(C2NC(=O)c3oc4ccc(CC)cc4c(=O)c32)cc1OCC. The molecule has 1 aliphatic rings. The van der Waals surface area contributed by atoms with E-state index in [2.05, 4.69) is 12.2 Å². The number of carbonyl (C=O) groups is 1. The number of ether oxygens (including phenoxy) is 2. The van der Waals surface area contributed by atoms with E-state index in [0.717, 1.165) is 36.8 Å². The fraction of sp³-hybridized carbons (Fsp3) is 0.385. The lowest BCUT2D eigenvalue weighted by Crippen LogP contribution is -2.22. The number of unbranched alkanes of at least 4 members (excludes halogenated alkanes) is 2. The summed E-state index contributed by atoms with van der Waals surface area (Å²) >= 11 is 0. The zero-order valence-electron chi connectivity index (χ0n) is 18.8. The molecule has 4 rings (SSSR count). The Morgan fingerprint density at radius 1 is 0.969 bits per heavy atom. The van der Waals surface area contributed by atoms with Crippen molar-refractivity contribution < 1.29 is 18.7 Å². The van der Waals surface area contributed by atoms with Crippen molar-refractivity contribution >= 4 is 16.9 Å². The Hall–Kier alpha value is -3.28. The zero-order chi connectivity index (χ0) is 22.7. The molecule has 6 heteroatoms. The molecular weight excluding hydrogens is 406 g/mol. The molecule has 2 aromatic carbocycles. The molecule has 1 unspecified atom stereocenters. The number of carbonyl (C=O) groups excluding carboxylic acids is 1. The molecule has 1 N–H and O–H groups in total. The Morgan fingerprint density at radius 2 is 1.81 bits per heavy atom. The van der Waals surface area contributed by atoms with Crippen LogP contribution in [0, 0.1) is 0 Å². The van der Waals surface area contributed by atoms with Crippen LogP contribution in [0.4, 0.5) is 0 Å². The molecule has 0 bridgehead atoms. The van der Waals surface area contributed by atoms with Crippen LogP contribution in [0.25, 0.3) is 11.0 Å². The van der Waals surface area contributed by atoms with Crippen molar-refractivity contribution in [1.82, 2.24) is 5.32 Å². The van der Waals surface area contributed by atoms with Gasteiger partial charge in [0.25, 0.3) is 5.91 Å². The second-order valence-electron chi connectivity index (χ2n) is 7.96. The number of fused-ring (bicyclic) bond motifs is 2. The van der Waals surface area contributed by atoms with Crippen LogP contribution < -0.4 is 20.2 Å². The highest BCUT2D eigenvalue weighted by Gasteiger charge is 2.36. The number of hydrogen-bond donors (Lipinski definition) is 1. The smallest absolute Gasteiger partial charge is 0.288 e. The molecule has 32 heavy (non-hydrogen) atoms. The largest absolute Gasteiger partial charge is 0.490 e. The lowest BCUT2D eigenvalue weighted by molar-refractivity contribution is 0.0938. The van der Waals surface area contributed by atoms with Crippen molar-refractivity contribution in [2.75, 3.05) is 13.2 Å². The number of nitrogens with one attached hydrogen (secondary N) is 1. The molecule has 6 nitrogen and oxygen atoms in total. The summed E-state index contributed by atoms with van der Waals surface area (Å²) in [6, 6.07) is 10.5. The molecular formula is C26H29NO5. The maximum Gasteiger partial charge on any atom is 0.288 e. The highest BCUT2D eigenvalue weighted by molar-refractivity contribution is 5.99. The van der Waals surface area contributed by atoms with Crippen molar-refractivity contribution in [3.05, 3.63) is 69.1 Å². The van der Waals surface area contributed by atoms with Gasteiger partial charge in [-0.15, -0.1) is 0 Å². The van der Waals surface area contributed by atoms with Gasteiger partial charge in [0.15, 0.2) is 16.9 Å². The van der Waals surface area contributed by atoms with E-state index in [9.17, 15) is 9.59 Å². The molecule has 1 aliphatic heterocycles. The van der Waals surface area contributed by atoms with Gasteiger partial charge < -0.3 is 19.2 Å². The predicted molar refractivity (Wildman–Crippen MR) is 124 cm³/mol. The van der Waals surface area contributed by atoms with E-state index in [1.165, 1.54) is 0 Å². The molecule has 2 heterocycles. The first-order valence-electron chi connectivity index (χ1n) is 11.4. The Labute approximate surface area is 187 Å². The van der Waals surface area contributed by atoms with E-state index in [1.54, 1.807) is 6.07 Å². The number of benzene rings is 2. The molecule has 168 valence electrons. The van der Waals surface area contributed by atoms with Gasteiger partial charge in [-0.25, -0.2) is 0 Å². The average Bonchev–Trinajstić information content (AvgIpc) is 3.14. The van der Waals surface area contributed by atoms with Gasteiger partial charge >= 0.3 is 0 Å². The molecule has 1 atom stereocenters. The molecule has 0 saturated heterocycles. The van der Waals surface area contributed by atoms with Crippen LogP contribution in [0.2, 0.25) is 0 Å². The lowest BCUT2D eigenvalue weighted by Gasteiger charge is -2.16. The summed E-state index contributed by atoms with van der Waals surface area (Å²) in [6.45, 7) is 7.19. The van der Waals surface area contributed by atoms with Crippen LogP contribution in [0.3, 0.4) is 0 Å². The summed E-state index contributed by atoms with van der Waals surface area (Å²) in [5, 5.41) is 3.39. The Morgan fingerprint density at radius 3 is 2.56 bits per heavy atom. The summed E-state index contributed by atoms with van der Waals surface area (Å²) in [5.41, 5.74) is 2.38. The molecule has 0 saturated carbocycles. The maximum atomic E-state index is 13.4. The summed E-state index contributed by atoms with van der Waals surface area (Å²) in [7, 11) is 0. The summed E-state index contributed by atoms with van der Waals surface area (Å²) < 4.78 is 17.6. The van der Waals surface area contributed by atoms with Gasteiger partial charge in [-0.05, 0) is 55.2 Å². The van der Waals surface area contributed by atoms with Gasteiger partial charge in [0.1, 0.15) is 5.58 Å². The van der Waals surface area contributed by atoms with E-state index in [4.69, 9.17) is 13.9 Å². The Bertz CT molecular complexity index is 1200. The topological polar surface area (TPSA) is 77.8 Å². The van der Waals surface area contributed by atoms with Gasteiger partial charge in [0, 0.05) is 0 Å². The first-order valence-corrected chi connectivity index (χ1v) is 11.4. The quantitative estimate of drug-likeness (QED) is 0.470. The number of hydrogen-bond acceptors (Lipinski definition) is 5. The van der Waals surface area contributed by atoms with Crippen molar-refractivity contribution in [2.24, 2.45) is 0 Å². The van der Waals surface area contributed by atoms with Gasteiger partial charge in [0.05, 0.1) is 30.2 Å².